The largest absolute Gasteiger partial charge is 0.419 e. The lowest BCUT2D eigenvalue weighted by atomic mass is 10.3. The van der Waals surface area contributed by atoms with Gasteiger partial charge in [0.2, 0.25) is 0 Å². The van der Waals surface area contributed by atoms with Gasteiger partial charge in [0.05, 0.1) is 5.56 Å². The molecule has 0 aromatic carbocycles. The Morgan fingerprint density at radius 3 is 2.73 bits per heavy atom. The van der Waals surface area contributed by atoms with Crippen LogP contribution in [0.5, 0.6) is 0 Å². The molecule has 1 aromatic heterocycles. The molecule has 0 saturated heterocycles. The van der Waals surface area contributed by atoms with Crippen molar-refractivity contribution in [3.05, 3.63) is 23.9 Å². The zero-order valence-corrected chi connectivity index (χ0v) is 8.61. The SMILES string of the molecule is OCCCSc1ncccc1C(F)(F)F. The molecule has 0 atom stereocenters. The van der Waals surface area contributed by atoms with Crippen molar-refractivity contribution < 1.29 is 18.3 Å². The highest BCUT2D eigenvalue weighted by atomic mass is 32.2. The van der Waals surface area contributed by atoms with Gasteiger partial charge < -0.3 is 5.11 Å². The van der Waals surface area contributed by atoms with Crippen molar-refractivity contribution in [3.8, 4) is 0 Å². The maximum atomic E-state index is 12.5. The summed E-state index contributed by atoms with van der Waals surface area (Å²) in [6.45, 7) is -0.0266. The van der Waals surface area contributed by atoms with Crippen molar-refractivity contribution in [2.45, 2.75) is 17.6 Å². The Bertz CT molecular complexity index is 316. The van der Waals surface area contributed by atoms with Crippen LogP contribution in [0.1, 0.15) is 12.0 Å². The van der Waals surface area contributed by atoms with Crippen LogP contribution in [0.4, 0.5) is 13.2 Å². The van der Waals surface area contributed by atoms with Crippen LogP contribution < -0.4 is 0 Å². The molecule has 84 valence electrons. The smallest absolute Gasteiger partial charge is 0.396 e. The number of pyridine rings is 1. The van der Waals surface area contributed by atoms with Gasteiger partial charge in [-0.15, -0.1) is 11.8 Å². The molecule has 0 radical (unpaired) electrons. The Morgan fingerprint density at radius 1 is 1.40 bits per heavy atom. The molecule has 0 spiro atoms. The van der Waals surface area contributed by atoms with E-state index in [0.717, 1.165) is 17.8 Å². The molecular weight excluding hydrogens is 227 g/mol. The number of alkyl halides is 3. The summed E-state index contributed by atoms with van der Waals surface area (Å²) in [5, 5.41) is 8.49. The van der Waals surface area contributed by atoms with Crippen LogP contribution in [-0.2, 0) is 6.18 Å². The van der Waals surface area contributed by atoms with Gasteiger partial charge in [0.25, 0.3) is 0 Å². The van der Waals surface area contributed by atoms with E-state index in [1.165, 1.54) is 12.3 Å². The van der Waals surface area contributed by atoms with Gasteiger partial charge in [0.15, 0.2) is 0 Å². The molecule has 0 aliphatic carbocycles. The monoisotopic (exact) mass is 237 g/mol. The quantitative estimate of drug-likeness (QED) is 0.645. The van der Waals surface area contributed by atoms with Crippen molar-refractivity contribution in [1.29, 1.82) is 0 Å². The van der Waals surface area contributed by atoms with Gasteiger partial charge in [-0.25, -0.2) is 4.98 Å². The van der Waals surface area contributed by atoms with Gasteiger partial charge in [0.1, 0.15) is 5.03 Å². The van der Waals surface area contributed by atoms with Crippen molar-refractivity contribution in [3.63, 3.8) is 0 Å². The molecule has 6 heteroatoms. The lowest BCUT2D eigenvalue weighted by Crippen LogP contribution is -2.07. The lowest BCUT2D eigenvalue weighted by Gasteiger charge is -2.10. The lowest BCUT2D eigenvalue weighted by molar-refractivity contribution is -0.140. The number of hydrogen-bond donors (Lipinski definition) is 1. The minimum atomic E-state index is -4.37. The Hall–Kier alpha value is -0.750. The van der Waals surface area contributed by atoms with Gasteiger partial charge in [-0.2, -0.15) is 13.2 Å². The molecule has 0 bridgehead atoms. The number of aliphatic hydroxyl groups excluding tert-OH is 1. The summed E-state index contributed by atoms with van der Waals surface area (Å²) in [6, 6.07) is 2.27. The van der Waals surface area contributed by atoms with E-state index in [1.54, 1.807) is 0 Å². The first kappa shape index (κ1) is 12.3. The average molecular weight is 237 g/mol. The van der Waals surface area contributed by atoms with Gasteiger partial charge in [-0.3, -0.25) is 0 Å². The first-order valence-corrected chi connectivity index (χ1v) is 5.30. The Labute approximate surface area is 89.5 Å². The van der Waals surface area contributed by atoms with E-state index < -0.39 is 11.7 Å². The Kier molecular flexibility index (Phi) is 4.41. The summed E-state index contributed by atoms with van der Waals surface area (Å²) < 4.78 is 37.4. The van der Waals surface area contributed by atoms with Crippen molar-refractivity contribution in [1.82, 2.24) is 4.98 Å². The number of thioether (sulfide) groups is 1. The molecule has 0 saturated carbocycles. The molecule has 0 amide bonds. The second-order valence-corrected chi connectivity index (χ2v) is 3.86. The summed E-state index contributed by atoms with van der Waals surface area (Å²) in [4.78, 5) is 3.68. The van der Waals surface area contributed by atoms with Crippen LogP contribution in [-0.4, -0.2) is 22.5 Å². The van der Waals surface area contributed by atoms with E-state index in [4.69, 9.17) is 5.11 Å². The van der Waals surface area contributed by atoms with Crippen LogP contribution in [0.3, 0.4) is 0 Å². The summed E-state index contributed by atoms with van der Waals surface area (Å²) in [5.41, 5.74) is -0.715. The van der Waals surface area contributed by atoms with E-state index in [2.05, 4.69) is 4.98 Å². The first-order chi connectivity index (χ1) is 7.05. The average Bonchev–Trinajstić information content (AvgIpc) is 2.17. The topological polar surface area (TPSA) is 33.1 Å². The van der Waals surface area contributed by atoms with E-state index in [1.807, 2.05) is 0 Å². The number of nitrogens with zero attached hydrogens (tertiary/aromatic N) is 1. The first-order valence-electron chi connectivity index (χ1n) is 4.31. The minimum Gasteiger partial charge on any atom is -0.396 e. The van der Waals surface area contributed by atoms with Crippen LogP contribution in [0.2, 0.25) is 0 Å². The fourth-order valence-corrected chi connectivity index (χ4v) is 1.90. The molecule has 1 rings (SSSR count). The third-order valence-electron chi connectivity index (χ3n) is 1.62. The summed E-state index contributed by atoms with van der Waals surface area (Å²) in [6.07, 6.45) is -2.58. The Balaban J connectivity index is 2.78. The maximum absolute atomic E-state index is 12.5. The van der Waals surface area contributed by atoms with Gasteiger partial charge in [-0.1, -0.05) is 0 Å². The minimum absolute atomic E-state index is 0.0266. The third-order valence-corrected chi connectivity index (χ3v) is 2.71. The second-order valence-electron chi connectivity index (χ2n) is 2.78. The molecule has 0 fully saturated rings. The predicted molar refractivity (Wildman–Crippen MR) is 51.7 cm³/mol. The van der Waals surface area contributed by atoms with Crippen molar-refractivity contribution >= 4 is 11.8 Å². The normalized spacial score (nSPS) is 11.7. The third kappa shape index (κ3) is 3.71. The zero-order valence-electron chi connectivity index (χ0n) is 7.79. The molecule has 0 unspecified atom stereocenters. The molecule has 1 N–H and O–H groups in total. The van der Waals surface area contributed by atoms with Crippen LogP contribution in [0, 0.1) is 0 Å². The van der Waals surface area contributed by atoms with Gasteiger partial charge in [0, 0.05) is 18.6 Å². The van der Waals surface area contributed by atoms with Crippen molar-refractivity contribution in [2.75, 3.05) is 12.4 Å². The van der Waals surface area contributed by atoms with Crippen molar-refractivity contribution in [2.24, 2.45) is 0 Å². The molecular formula is C9H10F3NOS. The molecule has 2 nitrogen and oxygen atoms in total. The number of aliphatic hydroxyl groups is 1. The molecule has 0 aliphatic rings. The standard InChI is InChI=1S/C9H10F3NOS/c10-9(11,12)7-3-1-4-13-8(7)15-6-2-5-14/h1,3-4,14H,2,5-6H2. The zero-order chi connectivity index (χ0) is 11.3. The van der Waals surface area contributed by atoms with E-state index in [9.17, 15) is 13.2 Å². The maximum Gasteiger partial charge on any atom is 0.419 e. The highest BCUT2D eigenvalue weighted by Crippen LogP contribution is 2.35. The van der Waals surface area contributed by atoms with Crippen LogP contribution >= 0.6 is 11.8 Å². The molecule has 1 aromatic rings. The summed E-state index contributed by atoms with van der Waals surface area (Å²) in [5.74, 6) is 0.427. The number of halogens is 3. The number of aromatic nitrogens is 1. The second kappa shape index (κ2) is 5.37. The van der Waals surface area contributed by atoms with E-state index in [-0.39, 0.29) is 11.6 Å². The highest BCUT2D eigenvalue weighted by Gasteiger charge is 2.33. The van der Waals surface area contributed by atoms with E-state index in [0.29, 0.717) is 12.2 Å². The van der Waals surface area contributed by atoms with Crippen LogP contribution in [0.15, 0.2) is 23.4 Å². The fraction of sp³-hybridized carbons (Fsp3) is 0.444. The number of hydrogen-bond acceptors (Lipinski definition) is 3. The summed E-state index contributed by atoms with van der Waals surface area (Å²) >= 11 is 1.01. The Morgan fingerprint density at radius 2 is 2.13 bits per heavy atom. The molecule has 1 heterocycles. The fourth-order valence-electron chi connectivity index (χ4n) is 0.955. The van der Waals surface area contributed by atoms with Gasteiger partial charge >= 0.3 is 6.18 Å². The summed E-state index contributed by atoms with van der Waals surface area (Å²) in [7, 11) is 0. The number of rotatable bonds is 4. The molecule has 15 heavy (non-hydrogen) atoms. The molecule has 0 aliphatic heterocycles. The van der Waals surface area contributed by atoms with E-state index >= 15 is 0 Å². The van der Waals surface area contributed by atoms with Gasteiger partial charge in [-0.05, 0) is 18.6 Å². The highest BCUT2D eigenvalue weighted by molar-refractivity contribution is 7.99. The predicted octanol–water partition coefficient (Wildman–Crippen LogP) is 2.57. The van der Waals surface area contributed by atoms with Crippen LogP contribution in [0.25, 0.3) is 0 Å².